The lowest BCUT2D eigenvalue weighted by molar-refractivity contribution is 0.102. The zero-order valence-corrected chi connectivity index (χ0v) is 16.2. The predicted octanol–water partition coefficient (Wildman–Crippen LogP) is 4.49. The van der Waals surface area contributed by atoms with Crippen molar-refractivity contribution in [3.63, 3.8) is 0 Å². The Hall–Kier alpha value is -1.96. The Balaban J connectivity index is 1.96. The van der Waals surface area contributed by atoms with Gasteiger partial charge in [0.2, 0.25) is 0 Å². The molecule has 0 fully saturated rings. The van der Waals surface area contributed by atoms with E-state index in [2.05, 4.69) is 51.8 Å². The summed E-state index contributed by atoms with van der Waals surface area (Å²) in [6.45, 7) is 7.96. The molecule has 0 unspecified atom stereocenters. The Kier molecular flexibility index (Phi) is 4.58. The first kappa shape index (κ1) is 16.9. The van der Waals surface area contributed by atoms with Crippen LogP contribution in [-0.4, -0.2) is 20.7 Å². The van der Waals surface area contributed by atoms with Crippen molar-refractivity contribution in [1.82, 2.24) is 14.8 Å². The number of aromatic nitrogens is 3. The molecule has 3 aromatic rings. The number of aryl methyl sites for hydroxylation is 2. The molecule has 1 N–H and O–H groups in total. The Bertz CT molecular complexity index is 930. The van der Waals surface area contributed by atoms with Crippen LogP contribution >= 0.6 is 22.6 Å². The number of halogens is 1. The minimum absolute atomic E-state index is 0.150. The van der Waals surface area contributed by atoms with Gasteiger partial charge in [-0.15, -0.1) is 0 Å². The average molecular weight is 434 g/mol. The molecule has 124 valence electrons. The second-order valence-corrected chi connectivity index (χ2v) is 7.38. The minimum Gasteiger partial charge on any atom is -0.322 e. The van der Waals surface area contributed by atoms with Crippen LogP contribution in [0.1, 0.15) is 41.5 Å². The van der Waals surface area contributed by atoms with Gasteiger partial charge in [0, 0.05) is 20.7 Å². The molecule has 0 bridgehead atoms. The highest BCUT2D eigenvalue weighted by Gasteiger charge is 2.16. The number of rotatable bonds is 3. The highest BCUT2D eigenvalue weighted by molar-refractivity contribution is 14.1. The lowest BCUT2D eigenvalue weighted by Gasteiger charge is -2.11. The highest BCUT2D eigenvalue weighted by Crippen LogP contribution is 2.22. The number of amides is 1. The summed E-state index contributed by atoms with van der Waals surface area (Å²) in [7, 11) is 0. The quantitative estimate of drug-likeness (QED) is 0.619. The summed E-state index contributed by atoms with van der Waals surface area (Å²) in [4.78, 5) is 17.3. The fraction of sp³-hybridized carbons (Fsp3) is 0.278. The third kappa shape index (κ3) is 3.15. The first-order valence-electron chi connectivity index (χ1n) is 7.79. The molecule has 2 aromatic heterocycles. The Morgan fingerprint density at radius 2 is 2.00 bits per heavy atom. The molecule has 0 atom stereocenters. The highest BCUT2D eigenvalue weighted by atomic mass is 127. The number of hydrogen-bond donors (Lipinski definition) is 1. The van der Waals surface area contributed by atoms with Gasteiger partial charge in [0.25, 0.3) is 5.91 Å². The van der Waals surface area contributed by atoms with Gasteiger partial charge in [-0.1, -0.05) is 0 Å². The maximum atomic E-state index is 12.7. The molecule has 6 heteroatoms. The largest absolute Gasteiger partial charge is 0.322 e. The van der Waals surface area contributed by atoms with E-state index in [1.54, 1.807) is 6.20 Å². The van der Waals surface area contributed by atoms with Crippen molar-refractivity contribution in [2.75, 3.05) is 5.32 Å². The van der Waals surface area contributed by atoms with Gasteiger partial charge in [-0.3, -0.25) is 4.79 Å². The average Bonchev–Trinajstić information content (AvgIpc) is 2.92. The maximum absolute atomic E-state index is 12.7. The molecule has 1 amide bonds. The van der Waals surface area contributed by atoms with Gasteiger partial charge in [-0.25, -0.2) is 9.67 Å². The lowest BCUT2D eigenvalue weighted by Crippen LogP contribution is -2.15. The summed E-state index contributed by atoms with van der Waals surface area (Å²) in [5.74, 6) is -0.150. The van der Waals surface area contributed by atoms with Gasteiger partial charge in [0.15, 0.2) is 5.65 Å². The van der Waals surface area contributed by atoms with E-state index >= 15 is 0 Å². The van der Waals surface area contributed by atoms with Gasteiger partial charge >= 0.3 is 0 Å². The van der Waals surface area contributed by atoms with Crippen molar-refractivity contribution in [3.05, 3.63) is 50.9 Å². The van der Waals surface area contributed by atoms with E-state index < -0.39 is 0 Å². The third-order valence-electron chi connectivity index (χ3n) is 3.93. The van der Waals surface area contributed by atoms with E-state index in [9.17, 15) is 4.79 Å². The van der Waals surface area contributed by atoms with Crippen LogP contribution in [0.5, 0.6) is 0 Å². The van der Waals surface area contributed by atoms with Crippen LogP contribution in [0.15, 0.2) is 30.5 Å². The molecule has 3 rings (SSSR count). The molecule has 1 aromatic carbocycles. The van der Waals surface area contributed by atoms with E-state index in [1.807, 2.05) is 42.8 Å². The Labute approximate surface area is 154 Å². The monoisotopic (exact) mass is 434 g/mol. The van der Waals surface area contributed by atoms with Crippen molar-refractivity contribution in [2.45, 2.75) is 33.7 Å². The zero-order valence-electron chi connectivity index (χ0n) is 14.1. The summed E-state index contributed by atoms with van der Waals surface area (Å²) in [6.07, 6.45) is 1.76. The second-order valence-electron chi connectivity index (χ2n) is 6.13. The van der Waals surface area contributed by atoms with Gasteiger partial charge in [-0.2, -0.15) is 5.10 Å². The molecule has 0 aliphatic heterocycles. The minimum atomic E-state index is -0.150. The number of nitrogens with zero attached hydrogens (tertiary/aromatic N) is 3. The second kappa shape index (κ2) is 6.51. The lowest BCUT2D eigenvalue weighted by atomic mass is 10.1. The predicted molar refractivity (Wildman–Crippen MR) is 104 cm³/mol. The number of fused-ring (bicyclic) bond motifs is 1. The van der Waals surface area contributed by atoms with Gasteiger partial charge in [0.05, 0.1) is 17.5 Å². The molecular formula is C18H19IN4O. The molecule has 0 aliphatic carbocycles. The number of carbonyl (C=O) groups excluding carboxylic acids is 1. The SMILES string of the molecule is Cc1cc(I)ccc1NC(=O)c1cc2cnn(C(C)C)c2nc1C. The number of hydrogen-bond acceptors (Lipinski definition) is 3. The van der Waals surface area contributed by atoms with Crippen LogP contribution < -0.4 is 5.32 Å². The maximum Gasteiger partial charge on any atom is 0.257 e. The van der Waals surface area contributed by atoms with Crippen LogP contribution in [0.4, 0.5) is 5.69 Å². The van der Waals surface area contributed by atoms with Crippen molar-refractivity contribution >= 4 is 45.2 Å². The van der Waals surface area contributed by atoms with Gasteiger partial charge < -0.3 is 5.32 Å². The normalized spacial score (nSPS) is 11.2. The van der Waals surface area contributed by atoms with Crippen LogP contribution in [-0.2, 0) is 0 Å². The van der Waals surface area contributed by atoms with Crippen LogP contribution in [0.25, 0.3) is 11.0 Å². The number of benzene rings is 1. The molecule has 0 aliphatic rings. The fourth-order valence-electron chi connectivity index (χ4n) is 2.63. The summed E-state index contributed by atoms with van der Waals surface area (Å²) < 4.78 is 3.01. The summed E-state index contributed by atoms with van der Waals surface area (Å²) >= 11 is 2.26. The summed E-state index contributed by atoms with van der Waals surface area (Å²) in [6, 6.07) is 8.03. The van der Waals surface area contributed by atoms with Crippen LogP contribution in [0.3, 0.4) is 0 Å². The van der Waals surface area contributed by atoms with E-state index in [1.165, 1.54) is 0 Å². The van der Waals surface area contributed by atoms with E-state index in [0.29, 0.717) is 11.3 Å². The van der Waals surface area contributed by atoms with Crippen LogP contribution in [0.2, 0.25) is 0 Å². The van der Waals surface area contributed by atoms with Crippen LogP contribution in [0, 0.1) is 17.4 Å². The summed E-state index contributed by atoms with van der Waals surface area (Å²) in [5, 5.41) is 8.22. The Morgan fingerprint density at radius 1 is 1.25 bits per heavy atom. The first-order valence-corrected chi connectivity index (χ1v) is 8.87. The van der Waals surface area contributed by atoms with Gasteiger partial charge in [-0.05, 0) is 80.1 Å². The molecule has 0 saturated carbocycles. The number of anilines is 1. The molecule has 5 nitrogen and oxygen atoms in total. The molecular weight excluding hydrogens is 415 g/mol. The molecule has 0 radical (unpaired) electrons. The number of nitrogens with one attached hydrogen (secondary N) is 1. The Morgan fingerprint density at radius 3 is 2.67 bits per heavy atom. The fourth-order valence-corrected chi connectivity index (χ4v) is 3.28. The third-order valence-corrected chi connectivity index (χ3v) is 4.60. The van der Waals surface area contributed by atoms with Crippen molar-refractivity contribution in [2.24, 2.45) is 0 Å². The van der Waals surface area contributed by atoms with E-state index in [0.717, 1.165) is 25.9 Å². The number of carbonyl (C=O) groups is 1. The molecule has 0 spiro atoms. The van der Waals surface area contributed by atoms with Crippen molar-refractivity contribution in [3.8, 4) is 0 Å². The summed E-state index contributed by atoms with van der Waals surface area (Å²) in [5.41, 5.74) is 3.94. The number of pyridine rings is 1. The molecule has 24 heavy (non-hydrogen) atoms. The smallest absolute Gasteiger partial charge is 0.257 e. The van der Waals surface area contributed by atoms with Crippen molar-refractivity contribution in [1.29, 1.82) is 0 Å². The topological polar surface area (TPSA) is 59.8 Å². The van der Waals surface area contributed by atoms with E-state index in [4.69, 9.17) is 0 Å². The standard InChI is InChI=1S/C18H19IN4O/c1-10(2)23-17-13(9-20-23)8-15(12(4)21-17)18(24)22-16-6-5-14(19)7-11(16)3/h5-10H,1-4H3,(H,22,24). The zero-order chi connectivity index (χ0) is 17.4. The van der Waals surface area contributed by atoms with Crippen molar-refractivity contribution < 1.29 is 4.79 Å². The van der Waals surface area contributed by atoms with E-state index in [-0.39, 0.29) is 11.9 Å². The van der Waals surface area contributed by atoms with Gasteiger partial charge in [0.1, 0.15) is 0 Å². The molecule has 0 saturated heterocycles. The molecule has 2 heterocycles. The first-order chi connectivity index (χ1) is 11.4.